The highest BCUT2D eigenvalue weighted by atomic mass is 14.6. The molecule has 2 aromatic rings. The van der Waals surface area contributed by atoms with Crippen molar-refractivity contribution in [3.05, 3.63) is 86.4 Å². The molecule has 0 N–H and O–H groups in total. The van der Waals surface area contributed by atoms with Gasteiger partial charge in [-0.15, -0.1) is 0 Å². The molecule has 1 nitrogen and oxygen atoms in total. The van der Waals surface area contributed by atoms with E-state index in [2.05, 4.69) is 63.2 Å². The van der Waals surface area contributed by atoms with Gasteiger partial charge in [-0.25, -0.2) is 0 Å². The van der Waals surface area contributed by atoms with E-state index in [4.69, 9.17) is 0 Å². The number of hydrogen-bond acceptors (Lipinski definition) is 1. The molecule has 0 atom stereocenters. The first-order valence-electron chi connectivity index (χ1n) is 9.74. The van der Waals surface area contributed by atoms with Crippen LogP contribution in [0, 0.1) is 0 Å². The third kappa shape index (κ3) is 7.62. The summed E-state index contributed by atoms with van der Waals surface area (Å²) in [5.74, 6) is 0. The quantitative estimate of drug-likeness (QED) is 0.734. The molecule has 0 aliphatic rings. The minimum Gasteiger partial charge on any atom is -0.256 e. The van der Waals surface area contributed by atoms with E-state index in [-0.39, 0.29) is 0 Å². The lowest BCUT2D eigenvalue weighted by molar-refractivity contribution is 1.21. The summed E-state index contributed by atoms with van der Waals surface area (Å²) in [4.78, 5) is 4.44. The molecule has 0 saturated carbocycles. The molecule has 1 heterocycles. The number of rotatable bonds is 3. The highest BCUT2D eigenvalue weighted by Gasteiger charge is 2.02. The van der Waals surface area contributed by atoms with Crippen molar-refractivity contribution in [1.82, 2.24) is 4.98 Å². The van der Waals surface area contributed by atoms with E-state index in [0.29, 0.717) is 0 Å². The summed E-state index contributed by atoms with van der Waals surface area (Å²) in [6.07, 6.45) is 8.20. The van der Waals surface area contributed by atoms with E-state index < -0.39 is 0 Å². The van der Waals surface area contributed by atoms with Crippen LogP contribution in [0.3, 0.4) is 0 Å². The fourth-order valence-electron chi connectivity index (χ4n) is 2.39. The molecule has 0 bridgehead atoms. The zero-order valence-corrected chi connectivity index (χ0v) is 18.1. The van der Waals surface area contributed by atoms with Gasteiger partial charge in [0.2, 0.25) is 0 Å². The second-order valence-corrected chi connectivity index (χ2v) is 5.69. The summed E-state index contributed by atoms with van der Waals surface area (Å²) in [6, 6.07) is 12.0. The summed E-state index contributed by atoms with van der Waals surface area (Å²) >= 11 is 0. The van der Waals surface area contributed by atoms with Crippen LogP contribution >= 0.6 is 0 Å². The minimum absolute atomic E-state index is 0.902. The average Bonchev–Trinajstić information content (AvgIpc) is 2.70. The first kappa shape index (κ1) is 24.3. The molecule has 0 amide bonds. The molecule has 0 aliphatic heterocycles. The fraction of sp³-hybridized carbons (Fsp3) is 0.269. The Bertz CT molecular complexity index is 971. The maximum atomic E-state index is 4.44. The Labute approximate surface area is 165 Å². The average molecular weight is 362 g/mol. The van der Waals surface area contributed by atoms with E-state index >= 15 is 0 Å². The molecule has 0 spiro atoms. The molecule has 144 valence electrons. The number of pyridine rings is 1. The largest absolute Gasteiger partial charge is 0.256 e. The lowest BCUT2D eigenvalue weighted by Crippen LogP contribution is -2.26. The lowest BCUT2D eigenvalue weighted by Gasteiger charge is -2.07. The van der Waals surface area contributed by atoms with Crippen LogP contribution in [-0.2, 0) is 0 Å². The normalized spacial score (nSPS) is 11.7. The smallest absolute Gasteiger partial charge is 0.0702 e. The lowest BCUT2D eigenvalue weighted by atomic mass is 9.99. The molecule has 27 heavy (non-hydrogen) atoms. The number of benzene rings is 1. The maximum Gasteiger partial charge on any atom is 0.0702 e. The van der Waals surface area contributed by atoms with E-state index in [1.54, 1.807) is 6.20 Å². The molecule has 0 fully saturated rings. The van der Waals surface area contributed by atoms with Crippen LogP contribution in [0.2, 0.25) is 0 Å². The molecule has 1 aromatic carbocycles. The summed E-state index contributed by atoms with van der Waals surface area (Å²) < 4.78 is 0. The Morgan fingerprint density at radius 2 is 1.44 bits per heavy atom. The van der Waals surface area contributed by atoms with Crippen LogP contribution < -0.4 is 21.0 Å². The summed E-state index contributed by atoms with van der Waals surface area (Å²) in [6.45, 7) is 22.4. The van der Waals surface area contributed by atoms with E-state index in [0.717, 1.165) is 26.6 Å². The van der Waals surface area contributed by atoms with Crippen LogP contribution in [0.4, 0.5) is 0 Å². The van der Waals surface area contributed by atoms with E-state index in [1.807, 2.05) is 58.0 Å². The van der Waals surface area contributed by atoms with Gasteiger partial charge in [-0.2, -0.15) is 0 Å². The number of nitrogens with zero attached hydrogens (tertiary/aromatic N) is 1. The van der Waals surface area contributed by atoms with Crippen LogP contribution in [0.1, 0.15) is 48.5 Å². The molecule has 1 heteroatoms. The number of aromatic nitrogens is 1. The fourth-order valence-corrected chi connectivity index (χ4v) is 2.39. The molecular formula is C26H35N. The molecule has 1 aromatic heterocycles. The third-order valence-electron chi connectivity index (χ3n) is 3.73. The molecule has 0 saturated heterocycles. The first-order chi connectivity index (χ1) is 13.0. The minimum atomic E-state index is 0.902. The van der Waals surface area contributed by atoms with Gasteiger partial charge in [0.15, 0.2) is 0 Å². The summed E-state index contributed by atoms with van der Waals surface area (Å²) in [7, 11) is 0. The van der Waals surface area contributed by atoms with Gasteiger partial charge < -0.3 is 0 Å². The van der Waals surface area contributed by atoms with E-state index in [1.165, 1.54) is 11.1 Å². The zero-order chi connectivity index (χ0) is 20.8. The number of hydrogen-bond donors (Lipinski definition) is 0. The monoisotopic (exact) mass is 361 g/mol. The topological polar surface area (TPSA) is 12.9 Å². The summed E-state index contributed by atoms with van der Waals surface area (Å²) in [5.41, 5.74) is 3.56. The Morgan fingerprint density at radius 1 is 0.852 bits per heavy atom. The molecule has 0 unspecified atom stereocenters. The Balaban J connectivity index is 0.00000158. The first-order valence-corrected chi connectivity index (χ1v) is 9.74. The van der Waals surface area contributed by atoms with Crippen molar-refractivity contribution in [2.75, 3.05) is 0 Å². The molecular weight excluding hydrogens is 326 g/mol. The van der Waals surface area contributed by atoms with Gasteiger partial charge in [-0.3, -0.25) is 4.98 Å². The third-order valence-corrected chi connectivity index (χ3v) is 3.73. The van der Waals surface area contributed by atoms with Gasteiger partial charge in [-0.05, 0) is 65.8 Å². The van der Waals surface area contributed by atoms with Crippen LogP contribution in [0.25, 0.3) is 25.3 Å². The van der Waals surface area contributed by atoms with Crippen molar-refractivity contribution in [2.45, 2.75) is 48.5 Å². The van der Waals surface area contributed by atoms with Crippen LogP contribution in [-0.4, -0.2) is 4.98 Å². The Morgan fingerprint density at radius 3 is 1.96 bits per heavy atom. The Hall–Kier alpha value is -2.67. The molecule has 0 radical (unpaired) electrons. The second-order valence-electron chi connectivity index (χ2n) is 5.69. The van der Waals surface area contributed by atoms with Crippen molar-refractivity contribution in [1.29, 1.82) is 0 Å². The van der Waals surface area contributed by atoms with Crippen molar-refractivity contribution in [3.63, 3.8) is 0 Å². The zero-order valence-electron chi connectivity index (χ0n) is 18.1. The number of allylic oxidation sites excluding steroid dienone is 4. The van der Waals surface area contributed by atoms with Gasteiger partial charge >= 0.3 is 0 Å². The van der Waals surface area contributed by atoms with Crippen molar-refractivity contribution in [3.8, 4) is 0 Å². The SMILES string of the molecule is C=c1cccc/c1=C/C(=C\C)C(/C=c1/ncccc1=C)=C(C)C.CC.CC. The van der Waals surface area contributed by atoms with Crippen molar-refractivity contribution >= 4 is 25.3 Å². The molecule has 0 aliphatic carbocycles. The second kappa shape index (κ2) is 13.5. The predicted molar refractivity (Wildman–Crippen MR) is 124 cm³/mol. The predicted octanol–water partition coefficient (Wildman–Crippen LogP) is 4.50. The van der Waals surface area contributed by atoms with Crippen LogP contribution in [0.15, 0.2) is 65.4 Å². The highest BCUT2D eigenvalue weighted by molar-refractivity contribution is 5.70. The van der Waals surface area contributed by atoms with Gasteiger partial charge in [0, 0.05) is 6.20 Å². The molecule has 2 rings (SSSR count). The Kier molecular flexibility index (Phi) is 12.2. The van der Waals surface area contributed by atoms with Crippen LogP contribution in [0.5, 0.6) is 0 Å². The van der Waals surface area contributed by atoms with Gasteiger partial charge in [-0.1, -0.05) is 82.8 Å². The van der Waals surface area contributed by atoms with Crippen molar-refractivity contribution in [2.24, 2.45) is 0 Å². The highest BCUT2D eigenvalue weighted by Crippen LogP contribution is 2.17. The standard InChI is InChI=1S/C22H23N.2C2H6/c1-6-19(14-20-12-8-7-10-17(20)4)21(16(2)3)15-22-18(5)11-9-13-23-22;2*1-2/h6-15H,4-5H2,1-3H3;2*1-2H3/b19-6+,20-14-,22-15+;;. The van der Waals surface area contributed by atoms with Crippen molar-refractivity contribution < 1.29 is 0 Å². The maximum absolute atomic E-state index is 4.44. The summed E-state index contributed by atoms with van der Waals surface area (Å²) in [5, 5.41) is 3.98. The van der Waals surface area contributed by atoms with E-state index in [9.17, 15) is 0 Å². The van der Waals surface area contributed by atoms with Gasteiger partial charge in [0.1, 0.15) is 0 Å². The van der Waals surface area contributed by atoms with Gasteiger partial charge in [0.05, 0.1) is 5.35 Å². The van der Waals surface area contributed by atoms with Gasteiger partial charge in [0.25, 0.3) is 0 Å².